The molecule has 94 valence electrons. The lowest BCUT2D eigenvalue weighted by molar-refractivity contribution is 0.585. The number of benzene rings is 1. The molecule has 0 aliphatic rings. The zero-order chi connectivity index (χ0) is 13.1. The average molecular weight is 274 g/mol. The van der Waals surface area contributed by atoms with E-state index in [4.69, 9.17) is 11.6 Å². The molecule has 0 fully saturated rings. The molecule has 0 aliphatic carbocycles. The normalized spacial score (nSPS) is 11.8. The summed E-state index contributed by atoms with van der Waals surface area (Å²) >= 11 is 5.52. The van der Waals surface area contributed by atoms with Gasteiger partial charge in [-0.2, -0.15) is 0 Å². The molecule has 0 radical (unpaired) electrons. The Balaban J connectivity index is 2.89. The molecule has 0 amide bonds. The molecule has 17 heavy (non-hydrogen) atoms. The molecule has 0 atom stereocenters. The first-order valence-corrected chi connectivity index (χ1v) is 7.12. The molecule has 1 aromatic rings. The molecule has 1 aromatic carbocycles. The van der Waals surface area contributed by atoms with E-state index >= 15 is 0 Å². The van der Waals surface area contributed by atoms with Crippen LogP contribution >= 0.6 is 11.6 Å². The van der Waals surface area contributed by atoms with E-state index in [1.807, 2.05) is 12.1 Å². The summed E-state index contributed by atoms with van der Waals surface area (Å²) in [7, 11) is -3.49. The van der Waals surface area contributed by atoms with Gasteiger partial charge in [0, 0.05) is 11.6 Å². The highest BCUT2D eigenvalue weighted by Crippen LogP contribution is 2.17. The van der Waals surface area contributed by atoms with Gasteiger partial charge in [0.2, 0.25) is 10.0 Å². The van der Waals surface area contributed by atoms with Crippen molar-refractivity contribution in [3.63, 3.8) is 0 Å². The van der Waals surface area contributed by atoms with Crippen LogP contribution in [0.25, 0.3) is 0 Å². The molecule has 0 unspecified atom stereocenters. The van der Waals surface area contributed by atoms with E-state index in [0.29, 0.717) is 5.92 Å². The zero-order valence-electron chi connectivity index (χ0n) is 9.90. The van der Waals surface area contributed by atoms with E-state index in [2.05, 4.69) is 25.1 Å². The van der Waals surface area contributed by atoms with Crippen LogP contribution in [-0.2, 0) is 10.0 Å². The highest BCUT2D eigenvalue weighted by Gasteiger charge is 2.13. The fourth-order valence-electron chi connectivity index (χ4n) is 1.29. The van der Waals surface area contributed by atoms with E-state index in [1.165, 1.54) is 0 Å². The number of nitrogens with one attached hydrogen (secondary N) is 1. The minimum Gasteiger partial charge on any atom is -0.207 e. The van der Waals surface area contributed by atoms with Gasteiger partial charge in [-0.15, -0.1) is 0 Å². The highest BCUT2D eigenvalue weighted by molar-refractivity contribution is 7.89. The van der Waals surface area contributed by atoms with Gasteiger partial charge in [-0.25, -0.2) is 13.1 Å². The van der Waals surface area contributed by atoms with Crippen LogP contribution in [0.15, 0.2) is 40.8 Å². The van der Waals surface area contributed by atoms with Crippen molar-refractivity contribution in [2.24, 2.45) is 0 Å². The summed E-state index contributed by atoms with van der Waals surface area (Å²) in [6, 6.07) is 6.81. The van der Waals surface area contributed by atoms with Gasteiger partial charge in [-0.1, -0.05) is 44.2 Å². The molecule has 0 aliphatic heterocycles. The first-order chi connectivity index (χ1) is 7.83. The van der Waals surface area contributed by atoms with Crippen molar-refractivity contribution in [2.75, 3.05) is 6.54 Å². The van der Waals surface area contributed by atoms with Gasteiger partial charge in [0.05, 0.1) is 4.90 Å². The van der Waals surface area contributed by atoms with Crippen LogP contribution in [0.4, 0.5) is 0 Å². The number of hydrogen-bond acceptors (Lipinski definition) is 2. The minimum atomic E-state index is -3.49. The van der Waals surface area contributed by atoms with Gasteiger partial charge in [0.25, 0.3) is 0 Å². The Kier molecular flexibility index (Phi) is 4.74. The maximum atomic E-state index is 11.8. The molecule has 5 heteroatoms. The smallest absolute Gasteiger partial charge is 0.207 e. The van der Waals surface area contributed by atoms with Crippen molar-refractivity contribution in [1.29, 1.82) is 0 Å². The number of halogens is 1. The maximum absolute atomic E-state index is 11.8. The highest BCUT2D eigenvalue weighted by atomic mass is 35.5. The Bertz CT molecular complexity index is 492. The first-order valence-electron chi connectivity index (χ1n) is 5.26. The second-order valence-corrected chi connectivity index (χ2v) is 6.37. The van der Waals surface area contributed by atoms with Gasteiger partial charge in [0.15, 0.2) is 0 Å². The van der Waals surface area contributed by atoms with Crippen LogP contribution in [0.5, 0.6) is 0 Å². The second-order valence-electron chi connectivity index (χ2n) is 4.07. The molecule has 0 heterocycles. The van der Waals surface area contributed by atoms with Crippen LogP contribution in [0.1, 0.15) is 25.3 Å². The summed E-state index contributed by atoms with van der Waals surface area (Å²) in [5.74, 6) is 0.377. The van der Waals surface area contributed by atoms with Crippen LogP contribution in [-0.4, -0.2) is 15.0 Å². The quantitative estimate of drug-likeness (QED) is 0.897. The van der Waals surface area contributed by atoms with E-state index < -0.39 is 10.0 Å². The Hall–Kier alpha value is -0.840. The summed E-state index contributed by atoms with van der Waals surface area (Å²) in [6.07, 6.45) is 0. The largest absolute Gasteiger partial charge is 0.240 e. The molecule has 0 spiro atoms. The zero-order valence-corrected chi connectivity index (χ0v) is 11.5. The second kappa shape index (κ2) is 5.67. The van der Waals surface area contributed by atoms with Crippen molar-refractivity contribution in [3.8, 4) is 0 Å². The third kappa shape index (κ3) is 4.15. The van der Waals surface area contributed by atoms with E-state index in [1.54, 1.807) is 12.1 Å². The summed E-state index contributed by atoms with van der Waals surface area (Å²) in [6.45, 7) is 7.57. The molecular formula is C12H16ClNO2S. The van der Waals surface area contributed by atoms with Crippen LogP contribution in [0.2, 0.25) is 0 Å². The van der Waals surface area contributed by atoms with Crippen LogP contribution in [0.3, 0.4) is 0 Å². The molecule has 0 aromatic heterocycles. The molecule has 0 saturated carbocycles. The predicted molar refractivity (Wildman–Crippen MR) is 70.7 cm³/mol. The van der Waals surface area contributed by atoms with Gasteiger partial charge in [0.1, 0.15) is 0 Å². The fraction of sp³-hybridized carbons (Fsp3) is 0.333. The van der Waals surface area contributed by atoms with Gasteiger partial charge < -0.3 is 0 Å². The lowest BCUT2D eigenvalue weighted by Gasteiger charge is -2.08. The Labute approximate surface area is 108 Å². The topological polar surface area (TPSA) is 46.2 Å². The summed E-state index contributed by atoms with van der Waals surface area (Å²) in [4.78, 5) is 0.236. The van der Waals surface area contributed by atoms with Crippen molar-refractivity contribution in [3.05, 3.63) is 41.4 Å². The summed E-state index contributed by atoms with van der Waals surface area (Å²) in [5.41, 5.74) is 1.10. The fourth-order valence-corrected chi connectivity index (χ4v) is 2.46. The summed E-state index contributed by atoms with van der Waals surface area (Å²) < 4.78 is 26.0. The van der Waals surface area contributed by atoms with Gasteiger partial charge in [-0.3, -0.25) is 0 Å². The Morgan fingerprint density at radius 1 is 1.35 bits per heavy atom. The number of sulfonamides is 1. The van der Waals surface area contributed by atoms with Crippen molar-refractivity contribution in [1.82, 2.24) is 4.72 Å². The predicted octanol–water partition coefficient (Wildman–Crippen LogP) is 2.84. The monoisotopic (exact) mass is 273 g/mol. The standard InChI is InChI=1S/C12H16ClNO2S/c1-9(2)11-4-6-12(7-5-11)17(15,16)14-8-10(3)13/h4-7,9,14H,3,8H2,1-2H3. The molecule has 1 rings (SSSR count). The molecule has 0 bridgehead atoms. The van der Waals surface area contributed by atoms with Crippen molar-refractivity contribution < 1.29 is 8.42 Å². The first kappa shape index (κ1) is 14.2. The molecule has 0 saturated heterocycles. The van der Waals surface area contributed by atoms with Gasteiger partial charge >= 0.3 is 0 Å². The Morgan fingerprint density at radius 3 is 2.29 bits per heavy atom. The van der Waals surface area contributed by atoms with Crippen molar-refractivity contribution in [2.45, 2.75) is 24.7 Å². The summed E-state index contributed by atoms with van der Waals surface area (Å²) in [5, 5.41) is 0.257. The number of rotatable bonds is 5. The van der Waals surface area contributed by atoms with Crippen molar-refractivity contribution >= 4 is 21.6 Å². The van der Waals surface area contributed by atoms with Crippen LogP contribution < -0.4 is 4.72 Å². The lowest BCUT2D eigenvalue weighted by Crippen LogP contribution is -2.24. The third-order valence-corrected chi connectivity index (χ3v) is 3.86. The van der Waals surface area contributed by atoms with E-state index in [9.17, 15) is 8.42 Å². The third-order valence-electron chi connectivity index (χ3n) is 2.31. The van der Waals surface area contributed by atoms with Crippen LogP contribution in [0, 0.1) is 0 Å². The maximum Gasteiger partial charge on any atom is 0.240 e. The van der Waals surface area contributed by atoms with Gasteiger partial charge in [-0.05, 0) is 23.6 Å². The SMILES string of the molecule is C=C(Cl)CNS(=O)(=O)c1ccc(C(C)C)cc1. The lowest BCUT2D eigenvalue weighted by atomic mass is 10.0. The molecule has 1 N–H and O–H groups in total. The molecular weight excluding hydrogens is 258 g/mol. The van der Waals surface area contributed by atoms with E-state index in [0.717, 1.165) is 5.56 Å². The van der Waals surface area contributed by atoms with E-state index in [-0.39, 0.29) is 16.5 Å². The minimum absolute atomic E-state index is 0.0375. The average Bonchev–Trinajstić information content (AvgIpc) is 2.27. The molecule has 3 nitrogen and oxygen atoms in total. The Morgan fingerprint density at radius 2 is 1.88 bits per heavy atom. The number of hydrogen-bond donors (Lipinski definition) is 1.